The Bertz CT molecular complexity index is 595. The van der Waals surface area contributed by atoms with E-state index in [4.69, 9.17) is 0 Å². The summed E-state index contributed by atoms with van der Waals surface area (Å²) in [4.78, 5) is 0. The van der Waals surface area contributed by atoms with Crippen LogP contribution in [0, 0.1) is 30.1 Å². The zero-order chi connectivity index (χ0) is 20.5. The van der Waals surface area contributed by atoms with E-state index in [1.54, 1.807) is 0 Å². The van der Waals surface area contributed by atoms with Crippen LogP contribution >= 0.6 is 8.19 Å². The first-order chi connectivity index (χ1) is 14.5. The summed E-state index contributed by atoms with van der Waals surface area (Å²) >= 11 is 0. The van der Waals surface area contributed by atoms with Crippen molar-refractivity contribution < 1.29 is 51.0 Å². The van der Waals surface area contributed by atoms with Crippen molar-refractivity contribution in [2.24, 2.45) is 0 Å². The van der Waals surface area contributed by atoms with Gasteiger partial charge in [-0.25, -0.2) is 6.07 Å². The third kappa shape index (κ3) is 28.1. The van der Waals surface area contributed by atoms with Gasteiger partial charge < -0.3 is 24.8 Å². The maximum Gasteiger partial charge on any atom is 2.00 e. The fourth-order valence-electron chi connectivity index (χ4n) is 1.61. The Morgan fingerprint density at radius 2 is 0.625 bits per heavy atom. The van der Waals surface area contributed by atoms with Gasteiger partial charge in [-0.2, -0.15) is 163 Å². The molecule has 1 heterocycles. The second-order valence-corrected chi connectivity index (χ2v) is 6.03. The van der Waals surface area contributed by atoms with E-state index >= 15 is 0 Å². The van der Waals surface area contributed by atoms with Gasteiger partial charge in [0.1, 0.15) is 0 Å². The van der Waals surface area contributed by atoms with Crippen molar-refractivity contribution in [2.75, 3.05) is 0 Å². The van der Waals surface area contributed by atoms with Crippen LogP contribution in [0.3, 0.4) is 0 Å². The summed E-state index contributed by atoms with van der Waals surface area (Å²) in [5, 5.41) is 0. The van der Waals surface area contributed by atoms with Gasteiger partial charge in [-0.1, -0.05) is 0 Å². The van der Waals surface area contributed by atoms with Crippen LogP contribution in [0.2, 0.25) is 0 Å². The molecule has 4 heteroatoms. The van der Waals surface area contributed by atoms with Gasteiger partial charge in [0.15, 0.2) is 0 Å². The van der Waals surface area contributed by atoms with Crippen molar-refractivity contribution >= 4 is 8.19 Å². The quantitative estimate of drug-likeness (QED) is 0.255. The average molecular weight is 554 g/mol. The molecule has 0 fully saturated rings. The summed E-state index contributed by atoms with van der Waals surface area (Å²) in [6, 6.07) is 54.0. The zero-order valence-electron chi connectivity index (χ0n) is 17.5. The predicted molar refractivity (Wildman–Crippen MR) is 126 cm³/mol. The topological polar surface area (TPSA) is 0 Å². The maximum atomic E-state index is 3.01. The van der Waals surface area contributed by atoms with E-state index < -0.39 is 0 Å². The molecule has 0 aliphatic rings. The zero-order valence-corrected chi connectivity index (χ0v) is 22.5. The maximum absolute atomic E-state index is 3.01. The molecule has 0 amide bonds. The molecule has 0 spiro atoms. The largest absolute Gasteiger partial charge is 2.00 e. The van der Waals surface area contributed by atoms with Gasteiger partial charge in [-0.15, -0.1) is 0 Å². The van der Waals surface area contributed by atoms with Crippen molar-refractivity contribution in [3.8, 4) is 0 Å². The first-order valence-electron chi connectivity index (χ1n) is 9.14. The summed E-state index contributed by atoms with van der Waals surface area (Å²) in [6.07, 6.45) is 0. The molecule has 1 aromatic heterocycles. The van der Waals surface area contributed by atoms with E-state index in [9.17, 15) is 0 Å². The summed E-state index contributed by atoms with van der Waals surface area (Å²) in [6.45, 7) is 0. The predicted octanol–water partition coefficient (Wildman–Crippen LogP) is 1.47. The Labute approximate surface area is 227 Å². The van der Waals surface area contributed by atoms with Crippen LogP contribution < -0.4 is 24.8 Å². The summed E-state index contributed by atoms with van der Waals surface area (Å²) in [5.74, 6) is 5.11. The summed E-state index contributed by atoms with van der Waals surface area (Å²) in [7, 11) is 0.823. The van der Waals surface area contributed by atoms with Gasteiger partial charge in [0.25, 0.3) is 0 Å². The Kier molecular flexibility index (Phi) is 34.0. The van der Waals surface area contributed by atoms with E-state index in [2.05, 4.69) is 35.9 Å². The molecule has 0 aliphatic heterocycles. The molecule has 0 saturated heterocycles. The number of halogens is 2. The summed E-state index contributed by atoms with van der Waals surface area (Å²) < 4.78 is 0. The van der Waals surface area contributed by atoms with Gasteiger partial charge in [0.2, 0.25) is 0 Å². The molecule has 32 heavy (non-hydrogen) atoms. The van der Waals surface area contributed by atoms with E-state index in [-0.39, 0.29) is 51.0 Å². The molecular formula is C28H24Cl2PZr-5. The number of rotatable bonds is 0. The normalized spacial score (nSPS) is 7.50. The Hall–Kier alpha value is -1.88. The van der Waals surface area contributed by atoms with Crippen molar-refractivity contribution in [2.45, 2.75) is 0 Å². The van der Waals surface area contributed by atoms with Gasteiger partial charge >= 0.3 is 26.2 Å². The van der Waals surface area contributed by atoms with E-state index in [0.717, 1.165) is 8.19 Å². The molecule has 164 valence electrons. The third-order valence-electron chi connectivity index (χ3n) is 2.87. The second-order valence-electron chi connectivity index (χ2n) is 5.12. The molecule has 4 aromatic carbocycles. The first kappa shape index (κ1) is 34.7. The Balaban J connectivity index is -0.000000321. The van der Waals surface area contributed by atoms with Crippen LogP contribution in [0.25, 0.3) is 0 Å². The smallest absolute Gasteiger partial charge is 1.00 e. The van der Waals surface area contributed by atoms with Crippen LogP contribution in [0.1, 0.15) is 0 Å². The number of hydrogen-bond donors (Lipinski definition) is 0. The Morgan fingerprint density at radius 1 is 0.344 bits per heavy atom. The fourth-order valence-corrected chi connectivity index (χ4v) is 2.09. The van der Waals surface area contributed by atoms with Gasteiger partial charge in [0, 0.05) is 0 Å². The van der Waals surface area contributed by atoms with E-state index in [1.807, 2.05) is 133 Å². The van der Waals surface area contributed by atoms with E-state index in [1.165, 1.54) is 0 Å². The monoisotopic (exact) mass is 551 g/mol. The number of hydrogen-bond acceptors (Lipinski definition) is 0. The van der Waals surface area contributed by atoms with Gasteiger partial charge in [-0.3, -0.25) is 8.19 Å². The van der Waals surface area contributed by atoms with Crippen molar-refractivity contribution in [3.63, 3.8) is 0 Å². The molecule has 1 unspecified atom stereocenters. The van der Waals surface area contributed by atoms with Crippen LogP contribution in [0.15, 0.2) is 139 Å². The van der Waals surface area contributed by atoms with Gasteiger partial charge in [-0.05, 0) is 0 Å². The number of benzene rings is 4. The molecule has 0 aliphatic carbocycles. The molecule has 0 bridgehead atoms. The molecule has 5 aromatic rings. The van der Waals surface area contributed by atoms with Crippen LogP contribution in [-0.2, 0) is 26.2 Å². The molecule has 0 radical (unpaired) electrons. The summed E-state index contributed by atoms with van der Waals surface area (Å²) in [5.41, 5.74) is 0. The average Bonchev–Trinajstić information content (AvgIpc) is 3.45. The second kappa shape index (κ2) is 31.3. The standard InChI is InChI=1S/4C6H5.C4H4P.2ClH.Zr/c4*1-2-4-6-5-3-1;1-2-4-5-3-1;;;/h4*1-5H;1-3,5H;2*1H;/q5*-1;;;+2/p-2. The van der Waals surface area contributed by atoms with E-state index in [0.29, 0.717) is 0 Å². The van der Waals surface area contributed by atoms with Crippen molar-refractivity contribution in [1.82, 2.24) is 0 Å². The minimum absolute atomic E-state index is 0. The minimum atomic E-state index is 0. The van der Waals surface area contributed by atoms with Crippen LogP contribution in [0.5, 0.6) is 0 Å². The van der Waals surface area contributed by atoms with Gasteiger partial charge in [0.05, 0.1) is 0 Å². The minimum Gasteiger partial charge on any atom is -1.00 e. The van der Waals surface area contributed by atoms with Crippen LogP contribution in [-0.4, -0.2) is 0 Å². The van der Waals surface area contributed by atoms with Crippen LogP contribution in [0.4, 0.5) is 0 Å². The van der Waals surface area contributed by atoms with Crippen molar-refractivity contribution in [1.29, 1.82) is 0 Å². The fraction of sp³-hybridized carbons (Fsp3) is 0. The molecule has 0 N–H and O–H groups in total. The third-order valence-corrected chi connectivity index (χ3v) is 3.56. The molecule has 0 nitrogen and oxygen atoms in total. The van der Waals surface area contributed by atoms with Crippen molar-refractivity contribution in [3.05, 3.63) is 169 Å². The Morgan fingerprint density at radius 3 is 0.688 bits per heavy atom. The molecule has 0 saturated carbocycles. The first-order valence-corrected chi connectivity index (χ1v) is 10.2. The molecule has 1 atom stereocenters. The molecule has 5 rings (SSSR count). The SMILES string of the molecule is [Cl-].[Cl-].[Zr+2].[c-]1ccc[pH]1.[c-]1ccccc1.[c-]1ccccc1.[c-]1ccccc1.[c-]1ccccc1. The molecular weight excluding hydrogens is 529 g/mol.